The first kappa shape index (κ1) is 28.8. The average molecular weight is 558 g/mol. The molecule has 0 aliphatic carbocycles. The molecule has 4 amide bonds. The van der Waals surface area contributed by atoms with E-state index in [0.29, 0.717) is 35.7 Å². The van der Waals surface area contributed by atoms with E-state index >= 15 is 0 Å². The van der Waals surface area contributed by atoms with Gasteiger partial charge in [-0.15, -0.1) is 0 Å². The van der Waals surface area contributed by atoms with Crippen LogP contribution in [0.1, 0.15) is 74.1 Å². The summed E-state index contributed by atoms with van der Waals surface area (Å²) in [5.41, 5.74) is 9.90. The molecule has 4 N–H and O–H groups in total. The van der Waals surface area contributed by atoms with Crippen LogP contribution >= 0.6 is 0 Å². The van der Waals surface area contributed by atoms with Crippen molar-refractivity contribution < 1.29 is 28.0 Å². The smallest absolute Gasteiger partial charge is 0.305 e. The number of hydrogen-bond donors (Lipinski definition) is 4. The minimum atomic E-state index is -0.594. The van der Waals surface area contributed by atoms with Crippen molar-refractivity contribution in [2.24, 2.45) is 0 Å². The number of rotatable bonds is 8. The molecule has 0 radical (unpaired) electrons. The number of nitrogens with zero attached hydrogens (tertiary/aromatic N) is 1. The molecule has 0 bridgehead atoms. The summed E-state index contributed by atoms with van der Waals surface area (Å²) in [5.74, 6) is -0.967. The summed E-state index contributed by atoms with van der Waals surface area (Å²) in [5, 5.41) is 0. The number of amides is 4. The van der Waals surface area contributed by atoms with Crippen molar-refractivity contribution in [2.75, 3.05) is 0 Å². The zero-order valence-electron chi connectivity index (χ0n) is 22.9. The summed E-state index contributed by atoms with van der Waals surface area (Å²) in [6, 6.07) is 23.4. The maximum Gasteiger partial charge on any atom is 0.305 e. The van der Waals surface area contributed by atoms with Gasteiger partial charge in [0.25, 0.3) is 11.8 Å². The number of carbonyl (C=O) groups excluding carboxylic acids is 4. The lowest BCUT2D eigenvalue weighted by Crippen LogP contribution is -2.41. The molecule has 0 fully saturated rings. The Kier molecular flexibility index (Phi) is 9.00. The van der Waals surface area contributed by atoms with Crippen LogP contribution in [0.2, 0.25) is 0 Å². The first-order valence-electron chi connectivity index (χ1n) is 12.8. The van der Waals surface area contributed by atoms with Gasteiger partial charge in [0.1, 0.15) is 11.5 Å². The monoisotopic (exact) mass is 557 g/mol. The van der Waals surface area contributed by atoms with Gasteiger partial charge in [0.15, 0.2) is 11.5 Å². The van der Waals surface area contributed by atoms with Crippen molar-refractivity contribution in [3.63, 3.8) is 0 Å². The van der Waals surface area contributed by atoms with Gasteiger partial charge in [-0.25, -0.2) is 0 Å². The van der Waals surface area contributed by atoms with E-state index in [4.69, 9.17) is 8.83 Å². The molecule has 0 spiro atoms. The fourth-order valence-corrected chi connectivity index (χ4v) is 3.75. The molecule has 0 aliphatic rings. The topological polar surface area (TPSA) is 146 Å². The normalized spacial score (nSPS) is 11.1. The van der Waals surface area contributed by atoms with Crippen LogP contribution in [-0.4, -0.2) is 34.1 Å². The third kappa shape index (κ3) is 7.93. The van der Waals surface area contributed by atoms with Crippen molar-refractivity contribution in [3.05, 3.63) is 119 Å². The van der Waals surface area contributed by atoms with E-state index in [2.05, 4.69) is 21.7 Å². The lowest BCUT2D eigenvalue weighted by Gasteiger charge is -2.34. The van der Waals surface area contributed by atoms with Crippen LogP contribution in [0.15, 0.2) is 93.8 Å². The van der Waals surface area contributed by atoms with Crippen LogP contribution in [-0.2, 0) is 13.1 Å². The fraction of sp³-hybridized carbons (Fsp3) is 0.200. The van der Waals surface area contributed by atoms with E-state index in [0.717, 1.165) is 0 Å². The highest BCUT2D eigenvalue weighted by Crippen LogP contribution is 2.23. The lowest BCUT2D eigenvalue weighted by atomic mass is 10.1. The molecule has 0 saturated heterocycles. The minimum absolute atomic E-state index is 0.0386. The molecule has 212 valence electrons. The summed E-state index contributed by atoms with van der Waals surface area (Å²) in [4.78, 5) is 51.4. The Morgan fingerprint density at radius 3 is 1.29 bits per heavy atom. The summed E-state index contributed by atoms with van der Waals surface area (Å²) in [7, 11) is 0. The van der Waals surface area contributed by atoms with E-state index in [1.54, 1.807) is 72.8 Å². The van der Waals surface area contributed by atoms with Crippen molar-refractivity contribution in [1.29, 1.82) is 0 Å². The van der Waals surface area contributed by atoms with Gasteiger partial charge in [-0.2, -0.15) is 0 Å². The SMILES string of the molecule is CC(C)(C)N(Cc1ccc(C(=O)NNC(=O)c2ccccc2)o1)Cc1ccc(C(=O)NNC(=O)c2ccccc2)o1. The quantitative estimate of drug-likeness (QED) is 0.241. The predicted molar refractivity (Wildman–Crippen MR) is 149 cm³/mol. The van der Waals surface area contributed by atoms with E-state index < -0.39 is 23.6 Å². The molecule has 0 atom stereocenters. The van der Waals surface area contributed by atoms with Crippen LogP contribution in [0.5, 0.6) is 0 Å². The highest BCUT2D eigenvalue weighted by atomic mass is 16.4. The maximum atomic E-state index is 12.5. The number of carbonyl (C=O) groups is 4. The molecule has 4 aromatic rings. The molecule has 0 saturated carbocycles. The Labute approximate surface area is 236 Å². The Morgan fingerprint density at radius 2 is 0.927 bits per heavy atom. The van der Waals surface area contributed by atoms with E-state index in [-0.39, 0.29) is 17.1 Å². The minimum Gasteiger partial charge on any atom is -0.454 e. The third-order valence-electron chi connectivity index (χ3n) is 6.06. The number of hydrogen-bond acceptors (Lipinski definition) is 7. The highest BCUT2D eigenvalue weighted by molar-refractivity contribution is 5.98. The summed E-state index contributed by atoms with van der Waals surface area (Å²) >= 11 is 0. The molecule has 2 aromatic heterocycles. The summed E-state index contributed by atoms with van der Waals surface area (Å²) in [6.07, 6.45) is 0. The number of furan rings is 2. The largest absolute Gasteiger partial charge is 0.454 e. The predicted octanol–water partition coefficient (Wildman–Crippen LogP) is 3.82. The third-order valence-corrected chi connectivity index (χ3v) is 6.06. The van der Waals surface area contributed by atoms with Crippen LogP contribution < -0.4 is 21.7 Å². The molecule has 11 nitrogen and oxygen atoms in total. The van der Waals surface area contributed by atoms with Crippen molar-refractivity contribution in [2.45, 2.75) is 39.4 Å². The Bertz CT molecular complexity index is 1400. The number of hydrazine groups is 2. The molecule has 2 heterocycles. The molecule has 0 aliphatic heterocycles. The van der Waals surface area contributed by atoms with Gasteiger partial charge in [0.05, 0.1) is 13.1 Å². The van der Waals surface area contributed by atoms with E-state index in [1.165, 1.54) is 12.1 Å². The first-order chi connectivity index (χ1) is 19.6. The standard InChI is InChI=1S/C30H31N5O6/c1-30(2,3)35(18-22-14-16-24(40-22)28(38)33-31-26(36)20-10-6-4-7-11-20)19-23-15-17-25(41-23)29(39)34-32-27(37)21-12-8-5-9-13-21/h4-17H,18-19H2,1-3H3,(H,31,36)(H,32,37)(H,33,38)(H,34,39). The number of nitrogens with one attached hydrogen (secondary N) is 4. The van der Waals surface area contributed by atoms with Gasteiger partial charge < -0.3 is 8.83 Å². The van der Waals surface area contributed by atoms with Gasteiger partial charge in [-0.1, -0.05) is 36.4 Å². The van der Waals surface area contributed by atoms with Gasteiger partial charge in [0, 0.05) is 16.7 Å². The van der Waals surface area contributed by atoms with Crippen LogP contribution in [0.25, 0.3) is 0 Å². The second kappa shape index (κ2) is 12.8. The number of benzene rings is 2. The van der Waals surface area contributed by atoms with E-state index in [1.807, 2.05) is 25.7 Å². The fourth-order valence-electron chi connectivity index (χ4n) is 3.75. The zero-order valence-corrected chi connectivity index (χ0v) is 22.9. The molecular formula is C30H31N5O6. The Hall–Kier alpha value is -5.16. The zero-order chi connectivity index (χ0) is 29.4. The van der Waals surface area contributed by atoms with Gasteiger partial charge in [-0.3, -0.25) is 45.8 Å². The van der Waals surface area contributed by atoms with Crippen LogP contribution in [0, 0.1) is 0 Å². The Morgan fingerprint density at radius 1 is 0.561 bits per heavy atom. The Balaban J connectivity index is 1.32. The molecule has 4 rings (SSSR count). The van der Waals surface area contributed by atoms with E-state index in [9.17, 15) is 19.2 Å². The summed E-state index contributed by atoms with van der Waals surface area (Å²) < 4.78 is 11.5. The van der Waals surface area contributed by atoms with Gasteiger partial charge >= 0.3 is 11.8 Å². The van der Waals surface area contributed by atoms with Gasteiger partial charge in [0.2, 0.25) is 0 Å². The average Bonchev–Trinajstić information content (AvgIpc) is 3.64. The molecule has 11 heteroatoms. The molecule has 2 aromatic carbocycles. The van der Waals surface area contributed by atoms with Crippen molar-refractivity contribution >= 4 is 23.6 Å². The second-order valence-electron chi connectivity index (χ2n) is 10.1. The maximum absolute atomic E-state index is 12.5. The van der Waals surface area contributed by atoms with Crippen LogP contribution in [0.4, 0.5) is 0 Å². The highest BCUT2D eigenvalue weighted by Gasteiger charge is 2.25. The first-order valence-corrected chi connectivity index (χ1v) is 12.8. The lowest BCUT2D eigenvalue weighted by molar-refractivity contribution is 0.0807. The van der Waals surface area contributed by atoms with Crippen molar-refractivity contribution in [3.8, 4) is 0 Å². The van der Waals surface area contributed by atoms with Crippen molar-refractivity contribution in [1.82, 2.24) is 26.6 Å². The molecule has 0 unspecified atom stereocenters. The molecular weight excluding hydrogens is 526 g/mol. The summed E-state index contributed by atoms with van der Waals surface area (Å²) in [6.45, 7) is 6.71. The van der Waals surface area contributed by atoms with Gasteiger partial charge in [-0.05, 0) is 69.3 Å². The molecule has 41 heavy (non-hydrogen) atoms. The van der Waals surface area contributed by atoms with Crippen LogP contribution in [0.3, 0.4) is 0 Å². The second-order valence-corrected chi connectivity index (χ2v) is 10.1.